The summed E-state index contributed by atoms with van der Waals surface area (Å²) in [5.41, 5.74) is 7.35. The lowest BCUT2D eigenvalue weighted by Crippen LogP contribution is -2.52. The molecule has 0 saturated carbocycles. The smallest absolute Gasteiger partial charge is 0.247 e. The third-order valence-corrected chi connectivity index (χ3v) is 6.21. The summed E-state index contributed by atoms with van der Waals surface area (Å²) in [7, 11) is 0. The van der Waals surface area contributed by atoms with Gasteiger partial charge in [-0.1, -0.05) is 44.2 Å². The van der Waals surface area contributed by atoms with Crippen LogP contribution in [0.25, 0.3) is 0 Å². The number of amides is 3. The van der Waals surface area contributed by atoms with Crippen molar-refractivity contribution in [2.24, 2.45) is 17.6 Å². The van der Waals surface area contributed by atoms with Crippen LogP contribution in [0.3, 0.4) is 0 Å². The molecule has 3 amide bonds. The molecule has 3 rings (SSSR count). The van der Waals surface area contributed by atoms with Crippen molar-refractivity contribution in [2.75, 3.05) is 18.4 Å². The minimum absolute atomic E-state index is 0. The zero-order valence-corrected chi connectivity index (χ0v) is 20.9. The van der Waals surface area contributed by atoms with Crippen molar-refractivity contribution in [1.29, 1.82) is 0 Å². The minimum Gasteiger partial charge on any atom is -0.344 e. The topological polar surface area (TPSA) is 105 Å². The lowest BCUT2D eigenvalue weighted by atomic mass is 9.93. The molecule has 0 bridgehead atoms. The van der Waals surface area contributed by atoms with Crippen LogP contribution in [0.2, 0.25) is 0 Å². The van der Waals surface area contributed by atoms with Crippen molar-refractivity contribution in [3.8, 4) is 0 Å². The fourth-order valence-electron chi connectivity index (χ4n) is 3.97. The van der Waals surface area contributed by atoms with Gasteiger partial charge in [-0.15, -0.1) is 12.4 Å². The van der Waals surface area contributed by atoms with Crippen LogP contribution in [0.1, 0.15) is 32.3 Å². The Bertz CT molecular complexity index is 980. The summed E-state index contributed by atoms with van der Waals surface area (Å²) in [6, 6.07) is 13.6. The molecule has 2 atom stereocenters. The van der Waals surface area contributed by atoms with Crippen molar-refractivity contribution in [3.05, 3.63) is 66.0 Å². The van der Waals surface area contributed by atoms with Gasteiger partial charge in [-0.3, -0.25) is 14.4 Å². The molecule has 0 radical (unpaired) electrons. The molecule has 0 unspecified atom stereocenters. The molecule has 1 heterocycles. The van der Waals surface area contributed by atoms with Gasteiger partial charge in [0.25, 0.3) is 0 Å². The number of hydrogen-bond donors (Lipinski definition) is 3. The summed E-state index contributed by atoms with van der Waals surface area (Å²) >= 11 is 0. The number of likely N-dealkylation sites (tertiary alicyclic amines) is 1. The van der Waals surface area contributed by atoms with Crippen molar-refractivity contribution in [3.63, 3.8) is 0 Å². The summed E-state index contributed by atoms with van der Waals surface area (Å²) in [6.45, 7) is 4.74. The van der Waals surface area contributed by atoms with E-state index in [1.54, 1.807) is 4.90 Å². The Morgan fingerprint density at radius 3 is 2.20 bits per heavy atom. The Labute approximate surface area is 212 Å². The van der Waals surface area contributed by atoms with Gasteiger partial charge in [-0.2, -0.15) is 0 Å². The van der Waals surface area contributed by atoms with Gasteiger partial charge in [0.1, 0.15) is 11.9 Å². The molecule has 190 valence electrons. The van der Waals surface area contributed by atoms with Crippen LogP contribution in [0.5, 0.6) is 0 Å². The highest BCUT2D eigenvalue weighted by Crippen LogP contribution is 2.20. The summed E-state index contributed by atoms with van der Waals surface area (Å²) in [5, 5.41) is 5.65. The van der Waals surface area contributed by atoms with Gasteiger partial charge in [0.05, 0.1) is 6.04 Å². The number of piperidine rings is 1. The maximum Gasteiger partial charge on any atom is 0.247 e. The molecule has 2 aromatic rings. The molecule has 1 aliphatic rings. The number of nitrogens with one attached hydrogen (secondary N) is 2. The molecular weight excluding hydrogens is 471 g/mol. The van der Waals surface area contributed by atoms with Crippen LogP contribution in [-0.2, 0) is 20.8 Å². The highest BCUT2D eigenvalue weighted by molar-refractivity contribution is 5.97. The number of hydrogen-bond acceptors (Lipinski definition) is 4. The van der Waals surface area contributed by atoms with Crippen LogP contribution in [-0.4, -0.2) is 47.8 Å². The first kappa shape index (κ1) is 28.3. The molecule has 35 heavy (non-hydrogen) atoms. The monoisotopic (exact) mass is 504 g/mol. The second kappa shape index (κ2) is 13.2. The average Bonchev–Trinajstić information content (AvgIpc) is 2.84. The molecule has 1 aliphatic heterocycles. The standard InChI is InChI=1S/C26H33FN4O3.ClH/c1-17(2)23(28)26(34)31-14-12-19(13-15-31)24(32)30-22(16-18-6-4-3-5-7-18)25(33)29-21-10-8-20(27)9-11-21;/h3-11,17,19,22-23H,12-16,28H2,1-2H3,(H,29,33)(H,30,32);1H/t22-,23-;/m0./s1. The zero-order chi connectivity index (χ0) is 24.7. The molecule has 2 aromatic carbocycles. The van der Waals surface area contributed by atoms with E-state index < -0.39 is 17.9 Å². The summed E-state index contributed by atoms with van der Waals surface area (Å²) in [5.74, 6) is -1.32. The number of benzene rings is 2. The molecule has 9 heteroatoms. The highest BCUT2D eigenvalue weighted by atomic mass is 35.5. The molecular formula is C26H34ClFN4O3. The molecule has 4 N–H and O–H groups in total. The maximum atomic E-state index is 13.2. The minimum atomic E-state index is -0.797. The fraction of sp³-hybridized carbons (Fsp3) is 0.423. The molecule has 0 spiro atoms. The van der Waals surface area contributed by atoms with E-state index >= 15 is 0 Å². The first-order valence-electron chi connectivity index (χ1n) is 11.7. The van der Waals surface area contributed by atoms with Crippen molar-refractivity contribution in [2.45, 2.75) is 45.2 Å². The first-order chi connectivity index (χ1) is 16.2. The lowest BCUT2D eigenvalue weighted by molar-refractivity contribution is -0.137. The van der Waals surface area contributed by atoms with Crippen LogP contribution >= 0.6 is 12.4 Å². The van der Waals surface area contributed by atoms with Crippen molar-refractivity contribution < 1.29 is 18.8 Å². The number of nitrogens with zero attached hydrogens (tertiary/aromatic N) is 1. The predicted molar refractivity (Wildman–Crippen MR) is 136 cm³/mol. The first-order valence-corrected chi connectivity index (χ1v) is 11.7. The number of carbonyl (C=O) groups is 3. The zero-order valence-electron chi connectivity index (χ0n) is 20.1. The van der Waals surface area contributed by atoms with Crippen molar-refractivity contribution >= 4 is 35.8 Å². The van der Waals surface area contributed by atoms with Gasteiger partial charge in [0.15, 0.2) is 0 Å². The average molecular weight is 505 g/mol. The van der Waals surface area contributed by atoms with Gasteiger partial charge in [0, 0.05) is 31.1 Å². The Morgan fingerprint density at radius 2 is 1.63 bits per heavy atom. The number of anilines is 1. The van der Waals surface area contributed by atoms with E-state index in [1.807, 2.05) is 44.2 Å². The normalized spacial score (nSPS) is 15.6. The van der Waals surface area contributed by atoms with E-state index in [2.05, 4.69) is 10.6 Å². The summed E-state index contributed by atoms with van der Waals surface area (Å²) < 4.78 is 13.2. The predicted octanol–water partition coefficient (Wildman–Crippen LogP) is 3.14. The lowest BCUT2D eigenvalue weighted by Gasteiger charge is -2.34. The van der Waals surface area contributed by atoms with E-state index in [4.69, 9.17) is 5.73 Å². The van der Waals surface area contributed by atoms with Crippen LogP contribution in [0, 0.1) is 17.7 Å². The number of halogens is 2. The Morgan fingerprint density at radius 1 is 1.03 bits per heavy atom. The van der Waals surface area contributed by atoms with Crippen LogP contribution < -0.4 is 16.4 Å². The highest BCUT2D eigenvalue weighted by Gasteiger charge is 2.32. The van der Waals surface area contributed by atoms with Crippen LogP contribution in [0.4, 0.5) is 10.1 Å². The number of carbonyl (C=O) groups excluding carboxylic acids is 3. The van der Waals surface area contributed by atoms with Gasteiger partial charge >= 0.3 is 0 Å². The van der Waals surface area contributed by atoms with E-state index in [0.717, 1.165) is 5.56 Å². The van der Waals surface area contributed by atoms with Gasteiger partial charge in [-0.05, 0) is 48.6 Å². The third kappa shape index (κ3) is 8.04. The van der Waals surface area contributed by atoms with Crippen LogP contribution in [0.15, 0.2) is 54.6 Å². The van der Waals surface area contributed by atoms with E-state index in [0.29, 0.717) is 38.0 Å². The third-order valence-electron chi connectivity index (χ3n) is 6.21. The van der Waals surface area contributed by atoms with E-state index in [9.17, 15) is 18.8 Å². The second-order valence-electron chi connectivity index (χ2n) is 9.12. The van der Waals surface area contributed by atoms with Crippen molar-refractivity contribution in [1.82, 2.24) is 10.2 Å². The SMILES string of the molecule is CC(C)[C@H](N)C(=O)N1CCC(C(=O)N[C@@H](Cc2ccccc2)C(=O)Nc2ccc(F)cc2)CC1.Cl. The molecule has 1 fully saturated rings. The van der Waals surface area contributed by atoms with Gasteiger partial charge < -0.3 is 21.3 Å². The number of nitrogens with two attached hydrogens (primary N) is 1. The Hall–Kier alpha value is -2.97. The number of rotatable bonds is 8. The Kier molecular flexibility index (Phi) is 10.7. The van der Waals surface area contributed by atoms with Gasteiger partial charge in [-0.25, -0.2) is 4.39 Å². The molecule has 7 nitrogen and oxygen atoms in total. The molecule has 0 aromatic heterocycles. The van der Waals surface area contributed by atoms with E-state index in [-0.39, 0.29) is 42.0 Å². The molecule has 0 aliphatic carbocycles. The fourth-order valence-corrected chi connectivity index (χ4v) is 3.97. The summed E-state index contributed by atoms with van der Waals surface area (Å²) in [4.78, 5) is 40.3. The maximum absolute atomic E-state index is 13.2. The molecule has 1 saturated heterocycles. The Balaban J connectivity index is 0.00000432. The van der Waals surface area contributed by atoms with E-state index in [1.165, 1.54) is 24.3 Å². The van der Waals surface area contributed by atoms with Gasteiger partial charge in [0.2, 0.25) is 17.7 Å². The largest absolute Gasteiger partial charge is 0.344 e. The second-order valence-corrected chi connectivity index (χ2v) is 9.12. The quantitative estimate of drug-likeness (QED) is 0.513. The summed E-state index contributed by atoms with van der Waals surface area (Å²) in [6.07, 6.45) is 1.35.